The highest BCUT2D eigenvalue weighted by molar-refractivity contribution is 6.33. The maximum atomic E-state index is 12.0. The summed E-state index contributed by atoms with van der Waals surface area (Å²) in [5, 5.41) is 6.94. The third-order valence-corrected chi connectivity index (χ3v) is 3.15. The molecule has 0 fully saturated rings. The zero-order valence-corrected chi connectivity index (χ0v) is 14.3. The lowest BCUT2D eigenvalue weighted by Crippen LogP contribution is -2.43. The van der Waals surface area contributed by atoms with Crippen LogP contribution in [0.2, 0.25) is 5.02 Å². The second-order valence-corrected chi connectivity index (χ2v) is 5.24. The molecule has 0 bridgehead atoms. The predicted octanol–water partition coefficient (Wildman–Crippen LogP) is 1.01. The second-order valence-electron chi connectivity index (χ2n) is 4.83. The van der Waals surface area contributed by atoms with Crippen LogP contribution in [-0.2, 0) is 14.3 Å². The molecule has 0 spiro atoms. The molecule has 1 rings (SSSR count). The minimum absolute atomic E-state index is 0.185. The molecule has 9 heteroatoms. The quantitative estimate of drug-likeness (QED) is 0.491. The summed E-state index contributed by atoms with van der Waals surface area (Å²) in [5.41, 5.74) is 0.209. The van der Waals surface area contributed by atoms with E-state index in [0.717, 1.165) is 0 Å². The molecule has 0 saturated carbocycles. The van der Waals surface area contributed by atoms with Crippen LogP contribution >= 0.6 is 11.6 Å². The van der Waals surface area contributed by atoms with Crippen molar-refractivity contribution in [2.24, 2.45) is 0 Å². The lowest BCUT2D eigenvalue weighted by atomic mass is 10.2. The maximum absolute atomic E-state index is 12.0. The Morgan fingerprint density at radius 3 is 2.60 bits per heavy atom. The minimum Gasteiger partial charge on any atom is -0.454 e. The number of urea groups is 1. The van der Waals surface area contributed by atoms with Crippen molar-refractivity contribution in [2.45, 2.75) is 13.0 Å². The fourth-order valence-electron chi connectivity index (χ4n) is 1.61. The molecule has 25 heavy (non-hydrogen) atoms. The zero-order valence-electron chi connectivity index (χ0n) is 13.5. The van der Waals surface area contributed by atoms with Crippen LogP contribution in [0.3, 0.4) is 0 Å². The van der Waals surface area contributed by atoms with E-state index >= 15 is 0 Å². The van der Waals surface area contributed by atoms with E-state index in [1.165, 1.54) is 19.1 Å². The van der Waals surface area contributed by atoms with Gasteiger partial charge in [-0.2, -0.15) is 0 Å². The molecule has 1 aromatic carbocycles. The van der Waals surface area contributed by atoms with Gasteiger partial charge in [-0.15, -0.1) is 6.58 Å². The highest BCUT2D eigenvalue weighted by Crippen LogP contribution is 2.14. The van der Waals surface area contributed by atoms with Crippen LogP contribution in [0.15, 0.2) is 36.9 Å². The molecule has 3 N–H and O–H groups in total. The van der Waals surface area contributed by atoms with Crippen LogP contribution in [0, 0.1) is 0 Å². The predicted molar refractivity (Wildman–Crippen MR) is 91.1 cm³/mol. The largest absolute Gasteiger partial charge is 0.454 e. The number of carbonyl (C=O) groups excluding carboxylic acids is 4. The van der Waals surface area contributed by atoms with E-state index in [1.807, 2.05) is 5.32 Å². The van der Waals surface area contributed by atoms with Gasteiger partial charge in [0.05, 0.1) is 10.6 Å². The number of hydrogen-bond donors (Lipinski definition) is 3. The lowest BCUT2D eigenvalue weighted by molar-refractivity contribution is -0.149. The smallest absolute Gasteiger partial charge is 0.328 e. The van der Waals surface area contributed by atoms with Gasteiger partial charge >= 0.3 is 12.0 Å². The molecule has 4 amide bonds. The number of esters is 1. The Balaban J connectivity index is 2.43. The van der Waals surface area contributed by atoms with E-state index in [1.54, 1.807) is 18.2 Å². The molecule has 134 valence electrons. The summed E-state index contributed by atoms with van der Waals surface area (Å²) < 4.78 is 4.74. The molecule has 0 aliphatic rings. The molecule has 0 radical (unpaired) electrons. The van der Waals surface area contributed by atoms with E-state index in [9.17, 15) is 19.2 Å². The van der Waals surface area contributed by atoms with Gasteiger partial charge in [0, 0.05) is 6.54 Å². The van der Waals surface area contributed by atoms with Gasteiger partial charge in [-0.05, 0) is 19.1 Å². The summed E-state index contributed by atoms with van der Waals surface area (Å²) in [5.74, 6) is -2.19. The normalized spacial score (nSPS) is 11.0. The van der Waals surface area contributed by atoms with Gasteiger partial charge in [0.15, 0.2) is 6.61 Å². The molecule has 0 aliphatic carbocycles. The van der Waals surface area contributed by atoms with Crippen LogP contribution in [-0.4, -0.2) is 43.0 Å². The first kappa shape index (κ1) is 20.2. The lowest BCUT2D eigenvalue weighted by Gasteiger charge is -2.13. The second kappa shape index (κ2) is 10.1. The standard InChI is InChI=1S/C16H18ClN3O5/c1-3-8-18-16(24)20-13(21)9-25-15(23)10(2)19-14(22)11-6-4-5-7-12(11)17/h3-7,10H,1,8-9H2,2H3,(H,19,22)(H2,18,20,21,24)/t10-/m1/s1. The van der Waals surface area contributed by atoms with Crippen LogP contribution in [0.25, 0.3) is 0 Å². The highest BCUT2D eigenvalue weighted by atomic mass is 35.5. The van der Waals surface area contributed by atoms with Crippen molar-refractivity contribution in [3.63, 3.8) is 0 Å². The van der Waals surface area contributed by atoms with Crippen molar-refractivity contribution < 1.29 is 23.9 Å². The molecule has 8 nitrogen and oxygen atoms in total. The van der Waals surface area contributed by atoms with Crippen molar-refractivity contribution in [3.05, 3.63) is 47.5 Å². The van der Waals surface area contributed by atoms with Gasteiger partial charge in [0.25, 0.3) is 11.8 Å². The third kappa shape index (κ3) is 7.05. The number of amides is 4. The van der Waals surface area contributed by atoms with Crippen molar-refractivity contribution in [3.8, 4) is 0 Å². The van der Waals surface area contributed by atoms with Crippen molar-refractivity contribution >= 4 is 35.4 Å². The first-order chi connectivity index (χ1) is 11.8. The number of halogens is 1. The molecule has 0 unspecified atom stereocenters. The summed E-state index contributed by atoms with van der Waals surface area (Å²) in [4.78, 5) is 46.5. The van der Waals surface area contributed by atoms with Gasteiger partial charge in [-0.25, -0.2) is 9.59 Å². The van der Waals surface area contributed by atoms with Crippen LogP contribution in [0.1, 0.15) is 17.3 Å². The van der Waals surface area contributed by atoms with Crippen LogP contribution < -0.4 is 16.0 Å². The monoisotopic (exact) mass is 367 g/mol. The molecule has 0 saturated heterocycles. The molecule has 0 aromatic heterocycles. The van der Waals surface area contributed by atoms with Crippen molar-refractivity contribution in [1.82, 2.24) is 16.0 Å². The fraction of sp³-hybridized carbons (Fsp3) is 0.250. The van der Waals surface area contributed by atoms with E-state index in [4.69, 9.17) is 16.3 Å². The summed E-state index contributed by atoms with van der Waals surface area (Å²) >= 11 is 5.90. The summed E-state index contributed by atoms with van der Waals surface area (Å²) in [6, 6.07) is 4.60. The van der Waals surface area contributed by atoms with E-state index < -0.39 is 36.5 Å². The van der Waals surface area contributed by atoms with Gasteiger partial charge < -0.3 is 15.4 Å². The Morgan fingerprint density at radius 2 is 1.96 bits per heavy atom. The average molecular weight is 368 g/mol. The summed E-state index contributed by atoms with van der Waals surface area (Å²) in [6.45, 7) is 4.32. The zero-order chi connectivity index (χ0) is 18.8. The Bertz CT molecular complexity index is 677. The topological polar surface area (TPSA) is 114 Å². The fourth-order valence-corrected chi connectivity index (χ4v) is 1.83. The molecule has 1 aromatic rings. The first-order valence-electron chi connectivity index (χ1n) is 7.25. The summed E-state index contributed by atoms with van der Waals surface area (Å²) in [7, 11) is 0. The average Bonchev–Trinajstić information content (AvgIpc) is 2.57. The number of imide groups is 1. The van der Waals surface area contributed by atoms with E-state index in [-0.39, 0.29) is 17.1 Å². The van der Waals surface area contributed by atoms with E-state index in [0.29, 0.717) is 0 Å². The number of rotatable bonds is 7. The molecular weight excluding hydrogens is 350 g/mol. The van der Waals surface area contributed by atoms with Crippen LogP contribution in [0.4, 0.5) is 4.79 Å². The SMILES string of the molecule is C=CCNC(=O)NC(=O)COC(=O)[C@@H](C)NC(=O)c1ccccc1Cl. The van der Waals surface area contributed by atoms with Crippen LogP contribution in [0.5, 0.6) is 0 Å². The Morgan fingerprint density at radius 1 is 1.28 bits per heavy atom. The number of nitrogens with one attached hydrogen (secondary N) is 3. The number of ether oxygens (including phenoxy) is 1. The van der Waals surface area contributed by atoms with Gasteiger partial charge in [0.2, 0.25) is 0 Å². The Hall–Kier alpha value is -2.87. The molecule has 0 aliphatic heterocycles. The first-order valence-corrected chi connectivity index (χ1v) is 7.63. The Kier molecular flexibility index (Phi) is 8.14. The number of carbonyl (C=O) groups is 4. The third-order valence-electron chi connectivity index (χ3n) is 2.83. The van der Waals surface area contributed by atoms with Gasteiger partial charge in [-0.3, -0.25) is 14.9 Å². The Labute approximate surface area is 149 Å². The molecular formula is C16H18ClN3O5. The molecule has 1 atom stereocenters. The van der Waals surface area contributed by atoms with Gasteiger partial charge in [-0.1, -0.05) is 29.8 Å². The molecule has 0 heterocycles. The van der Waals surface area contributed by atoms with Crippen molar-refractivity contribution in [1.29, 1.82) is 0 Å². The number of benzene rings is 1. The minimum atomic E-state index is -1.01. The van der Waals surface area contributed by atoms with Gasteiger partial charge in [0.1, 0.15) is 6.04 Å². The van der Waals surface area contributed by atoms with E-state index in [2.05, 4.69) is 17.2 Å². The summed E-state index contributed by atoms with van der Waals surface area (Å²) in [6.07, 6.45) is 1.44. The maximum Gasteiger partial charge on any atom is 0.328 e. The van der Waals surface area contributed by atoms with Crippen molar-refractivity contribution in [2.75, 3.05) is 13.2 Å². The highest BCUT2D eigenvalue weighted by Gasteiger charge is 2.20. The number of hydrogen-bond acceptors (Lipinski definition) is 5.